The van der Waals surface area contributed by atoms with Crippen molar-refractivity contribution >= 4 is 5.69 Å². The van der Waals surface area contributed by atoms with Gasteiger partial charge in [0.1, 0.15) is 0 Å². The van der Waals surface area contributed by atoms with Gasteiger partial charge in [-0.25, -0.2) is 0 Å². The van der Waals surface area contributed by atoms with Gasteiger partial charge in [0.25, 0.3) is 0 Å². The minimum Gasteiger partial charge on any atom is -0.369 e. The number of hydrogen-bond acceptors (Lipinski definition) is 2. The van der Waals surface area contributed by atoms with Crippen LogP contribution in [0.4, 0.5) is 5.69 Å². The van der Waals surface area contributed by atoms with Crippen LogP contribution in [0, 0.1) is 10.8 Å². The van der Waals surface area contributed by atoms with Gasteiger partial charge < -0.3 is 9.80 Å². The Labute approximate surface area is 142 Å². The lowest BCUT2D eigenvalue weighted by Gasteiger charge is -2.46. The van der Waals surface area contributed by atoms with Crippen LogP contribution in [0.15, 0.2) is 24.3 Å². The Bertz CT molecular complexity index is 523. The number of para-hydroxylation sites is 1. The lowest BCUT2D eigenvalue weighted by molar-refractivity contribution is 0.0970. The molecule has 1 saturated heterocycles. The van der Waals surface area contributed by atoms with Crippen LogP contribution < -0.4 is 4.90 Å². The molecule has 1 heterocycles. The van der Waals surface area contributed by atoms with Gasteiger partial charge in [0.15, 0.2) is 0 Å². The zero-order valence-electron chi connectivity index (χ0n) is 15.7. The fraction of sp³-hybridized carbons (Fsp3) is 0.714. The van der Waals surface area contributed by atoms with E-state index < -0.39 is 0 Å². The number of hydrogen-bond donors (Lipinski definition) is 0. The Balaban J connectivity index is 1.88. The van der Waals surface area contributed by atoms with Crippen LogP contribution in [0.25, 0.3) is 0 Å². The third-order valence-corrected chi connectivity index (χ3v) is 5.78. The fourth-order valence-corrected chi connectivity index (χ4v) is 5.23. The van der Waals surface area contributed by atoms with Crippen LogP contribution in [0.5, 0.6) is 0 Å². The van der Waals surface area contributed by atoms with E-state index in [9.17, 15) is 0 Å². The van der Waals surface area contributed by atoms with Gasteiger partial charge in [-0.05, 0) is 54.7 Å². The Morgan fingerprint density at radius 2 is 1.43 bits per heavy atom. The summed E-state index contributed by atoms with van der Waals surface area (Å²) in [4.78, 5) is 5.05. The topological polar surface area (TPSA) is 6.48 Å². The molecule has 0 unspecified atom stereocenters. The lowest BCUT2D eigenvalue weighted by Crippen LogP contribution is -2.45. The number of nitrogens with zero attached hydrogens (tertiary/aromatic N) is 2. The van der Waals surface area contributed by atoms with Crippen LogP contribution in [0.1, 0.15) is 58.4 Å². The molecule has 0 N–H and O–H groups in total. The van der Waals surface area contributed by atoms with E-state index >= 15 is 0 Å². The highest BCUT2D eigenvalue weighted by atomic mass is 15.2. The third kappa shape index (κ3) is 3.91. The number of benzene rings is 1. The summed E-state index contributed by atoms with van der Waals surface area (Å²) in [6.45, 7) is 14.5. The molecule has 2 nitrogen and oxygen atoms in total. The molecule has 0 bridgehead atoms. The standard InChI is InChI=1S/C21H34N2/c1-20(2)14-17(15-21(3,4)16-20)18-8-6-7-9-19(18)23-12-10-22(5)11-13-23/h6-9,17H,10-16H2,1-5H3. The van der Waals surface area contributed by atoms with Gasteiger partial charge in [0, 0.05) is 31.9 Å². The molecular weight excluding hydrogens is 280 g/mol. The predicted molar refractivity (Wildman–Crippen MR) is 100 cm³/mol. The summed E-state index contributed by atoms with van der Waals surface area (Å²) >= 11 is 0. The fourth-order valence-electron chi connectivity index (χ4n) is 5.23. The van der Waals surface area contributed by atoms with Gasteiger partial charge in [0.05, 0.1) is 0 Å². The highest BCUT2D eigenvalue weighted by molar-refractivity contribution is 5.56. The molecule has 0 atom stereocenters. The largest absolute Gasteiger partial charge is 0.369 e. The lowest BCUT2D eigenvalue weighted by atomic mass is 9.60. The molecule has 0 amide bonds. The monoisotopic (exact) mass is 314 g/mol. The van der Waals surface area contributed by atoms with Gasteiger partial charge in [0.2, 0.25) is 0 Å². The molecule has 3 rings (SSSR count). The molecule has 1 aromatic rings. The van der Waals surface area contributed by atoms with Gasteiger partial charge in [-0.2, -0.15) is 0 Å². The maximum atomic E-state index is 2.62. The SMILES string of the molecule is CN1CCN(c2ccccc2C2CC(C)(C)CC(C)(C)C2)CC1. The Morgan fingerprint density at radius 3 is 2.04 bits per heavy atom. The van der Waals surface area contributed by atoms with Crippen molar-refractivity contribution in [2.24, 2.45) is 10.8 Å². The van der Waals surface area contributed by atoms with Crippen molar-refractivity contribution in [3.63, 3.8) is 0 Å². The summed E-state index contributed by atoms with van der Waals surface area (Å²) in [5.74, 6) is 0.699. The van der Waals surface area contributed by atoms with Gasteiger partial charge in [-0.1, -0.05) is 45.9 Å². The molecule has 2 fully saturated rings. The second kappa shape index (κ2) is 6.12. The Hall–Kier alpha value is -1.02. The first-order valence-electron chi connectivity index (χ1n) is 9.28. The molecule has 0 aromatic heterocycles. The average Bonchev–Trinajstić information content (AvgIpc) is 2.45. The highest BCUT2D eigenvalue weighted by Gasteiger charge is 2.39. The number of piperazine rings is 1. The van der Waals surface area contributed by atoms with E-state index in [4.69, 9.17) is 0 Å². The van der Waals surface area contributed by atoms with Crippen molar-refractivity contribution in [2.75, 3.05) is 38.1 Å². The van der Waals surface area contributed by atoms with Crippen LogP contribution in [-0.4, -0.2) is 38.1 Å². The van der Waals surface area contributed by atoms with Crippen molar-refractivity contribution in [2.45, 2.75) is 52.9 Å². The third-order valence-electron chi connectivity index (χ3n) is 5.78. The maximum absolute atomic E-state index is 2.62. The molecule has 1 saturated carbocycles. The normalized spacial score (nSPS) is 25.5. The summed E-state index contributed by atoms with van der Waals surface area (Å²) in [7, 11) is 2.23. The molecule has 0 spiro atoms. The Kier molecular flexibility index (Phi) is 4.48. The van der Waals surface area contributed by atoms with E-state index in [0.717, 1.165) is 13.1 Å². The second-order valence-corrected chi connectivity index (χ2v) is 9.46. The van der Waals surface area contributed by atoms with Crippen LogP contribution in [0.3, 0.4) is 0 Å². The van der Waals surface area contributed by atoms with Gasteiger partial charge >= 0.3 is 0 Å². The van der Waals surface area contributed by atoms with E-state index in [0.29, 0.717) is 16.7 Å². The van der Waals surface area contributed by atoms with Crippen molar-refractivity contribution in [3.8, 4) is 0 Å². The summed E-state index contributed by atoms with van der Waals surface area (Å²) in [6.07, 6.45) is 3.98. The first-order valence-corrected chi connectivity index (χ1v) is 9.28. The predicted octanol–water partition coefficient (Wildman–Crippen LogP) is 4.76. The number of anilines is 1. The van der Waals surface area contributed by atoms with E-state index in [1.165, 1.54) is 38.0 Å². The quantitative estimate of drug-likeness (QED) is 0.776. The maximum Gasteiger partial charge on any atom is 0.0402 e. The molecule has 2 aliphatic rings. The second-order valence-electron chi connectivity index (χ2n) is 9.46. The summed E-state index contributed by atoms with van der Waals surface area (Å²) in [6, 6.07) is 9.21. The van der Waals surface area contributed by atoms with Crippen molar-refractivity contribution in [1.82, 2.24) is 4.90 Å². The molecule has 23 heavy (non-hydrogen) atoms. The number of rotatable bonds is 2. The Morgan fingerprint density at radius 1 is 0.870 bits per heavy atom. The average molecular weight is 315 g/mol. The molecule has 1 aliphatic heterocycles. The highest BCUT2D eigenvalue weighted by Crippen LogP contribution is 2.53. The van der Waals surface area contributed by atoms with Crippen LogP contribution >= 0.6 is 0 Å². The molecule has 128 valence electrons. The summed E-state index contributed by atoms with van der Waals surface area (Å²) in [5, 5.41) is 0. The van der Waals surface area contributed by atoms with E-state index in [2.05, 4.69) is 68.8 Å². The molecule has 0 radical (unpaired) electrons. The molecular formula is C21H34N2. The van der Waals surface area contributed by atoms with Crippen LogP contribution in [0.2, 0.25) is 0 Å². The van der Waals surface area contributed by atoms with E-state index in [1.807, 2.05) is 0 Å². The minimum atomic E-state index is 0.446. The van der Waals surface area contributed by atoms with Crippen molar-refractivity contribution in [1.29, 1.82) is 0 Å². The van der Waals surface area contributed by atoms with E-state index in [1.54, 1.807) is 5.56 Å². The molecule has 2 heteroatoms. The van der Waals surface area contributed by atoms with E-state index in [-0.39, 0.29) is 0 Å². The molecule has 1 aliphatic carbocycles. The van der Waals surface area contributed by atoms with Crippen molar-refractivity contribution < 1.29 is 0 Å². The van der Waals surface area contributed by atoms with Gasteiger partial charge in [-0.3, -0.25) is 0 Å². The zero-order chi connectivity index (χ0) is 16.7. The summed E-state index contributed by atoms with van der Waals surface area (Å²) < 4.78 is 0. The van der Waals surface area contributed by atoms with Crippen molar-refractivity contribution in [3.05, 3.63) is 29.8 Å². The smallest absolute Gasteiger partial charge is 0.0402 e. The number of likely N-dealkylation sites (N-methyl/N-ethyl adjacent to an activating group) is 1. The first-order chi connectivity index (χ1) is 10.8. The minimum absolute atomic E-state index is 0.446. The van der Waals surface area contributed by atoms with Crippen LogP contribution in [-0.2, 0) is 0 Å². The summed E-state index contributed by atoms with van der Waals surface area (Å²) in [5.41, 5.74) is 3.99. The first kappa shape index (κ1) is 16.8. The van der Waals surface area contributed by atoms with Gasteiger partial charge in [-0.15, -0.1) is 0 Å². The zero-order valence-corrected chi connectivity index (χ0v) is 15.7. The molecule has 1 aromatic carbocycles.